The van der Waals surface area contributed by atoms with Crippen LogP contribution in [0.15, 0.2) is 24.3 Å². The van der Waals surface area contributed by atoms with Gasteiger partial charge in [-0.25, -0.2) is 0 Å². The Morgan fingerprint density at radius 2 is 2.05 bits per heavy atom. The molecule has 2 heterocycles. The minimum atomic E-state index is 0.110. The van der Waals surface area contributed by atoms with Crippen LogP contribution >= 0.6 is 0 Å². The van der Waals surface area contributed by atoms with Crippen molar-refractivity contribution >= 4 is 11.6 Å². The maximum Gasteiger partial charge on any atom is 0.223 e. The molecule has 2 aliphatic heterocycles. The largest absolute Gasteiger partial charge is 0.369 e. The van der Waals surface area contributed by atoms with Gasteiger partial charge in [-0.2, -0.15) is 0 Å². The summed E-state index contributed by atoms with van der Waals surface area (Å²) in [5.41, 5.74) is 2.74. The zero-order valence-electron chi connectivity index (χ0n) is 11.0. The van der Waals surface area contributed by atoms with Gasteiger partial charge in [-0.1, -0.05) is 18.2 Å². The van der Waals surface area contributed by atoms with Gasteiger partial charge in [0.05, 0.1) is 0 Å². The lowest BCUT2D eigenvalue weighted by Gasteiger charge is -2.23. The van der Waals surface area contributed by atoms with E-state index in [9.17, 15) is 4.79 Å². The molecule has 1 atom stereocenters. The second-order valence-electron chi connectivity index (χ2n) is 5.27. The highest BCUT2D eigenvalue weighted by Gasteiger charge is 2.28. The van der Waals surface area contributed by atoms with E-state index in [0.29, 0.717) is 6.42 Å². The molecule has 0 spiro atoms. The summed E-state index contributed by atoms with van der Waals surface area (Å²) >= 11 is 0. The van der Waals surface area contributed by atoms with Gasteiger partial charge in [0, 0.05) is 44.2 Å². The number of terminal acetylenes is 1. The molecule has 0 radical (unpaired) electrons. The van der Waals surface area contributed by atoms with E-state index in [1.807, 2.05) is 4.90 Å². The Hall–Kier alpha value is -1.95. The second-order valence-corrected chi connectivity index (χ2v) is 5.27. The lowest BCUT2D eigenvalue weighted by Crippen LogP contribution is -2.35. The van der Waals surface area contributed by atoms with Crippen molar-refractivity contribution < 1.29 is 4.79 Å². The van der Waals surface area contributed by atoms with Crippen molar-refractivity contribution in [3.8, 4) is 12.3 Å². The van der Waals surface area contributed by atoms with Crippen molar-refractivity contribution in [2.45, 2.75) is 12.8 Å². The molecule has 0 aromatic heterocycles. The molecule has 1 fully saturated rings. The highest BCUT2D eigenvalue weighted by molar-refractivity contribution is 5.79. The van der Waals surface area contributed by atoms with Crippen LogP contribution in [0.5, 0.6) is 0 Å². The van der Waals surface area contributed by atoms with Crippen molar-refractivity contribution in [3.63, 3.8) is 0 Å². The topological polar surface area (TPSA) is 23.6 Å². The predicted molar refractivity (Wildman–Crippen MR) is 75.9 cm³/mol. The number of carbonyl (C=O) groups is 1. The lowest BCUT2D eigenvalue weighted by atomic mass is 10.1. The molecule has 0 bridgehead atoms. The number of anilines is 1. The fraction of sp³-hybridized carbons (Fsp3) is 0.438. The van der Waals surface area contributed by atoms with Crippen molar-refractivity contribution in [3.05, 3.63) is 29.8 Å². The summed E-state index contributed by atoms with van der Waals surface area (Å²) < 4.78 is 0. The Labute approximate surface area is 114 Å². The predicted octanol–water partition coefficient (Wildman–Crippen LogP) is 1.53. The van der Waals surface area contributed by atoms with Crippen LogP contribution in [0.2, 0.25) is 0 Å². The summed E-state index contributed by atoms with van der Waals surface area (Å²) in [7, 11) is 0. The SMILES string of the molecule is C#CC1CC(=O)N(CCN2CCc3ccccc32)C1. The van der Waals surface area contributed by atoms with Gasteiger partial charge in [-0.05, 0) is 18.1 Å². The first-order valence-corrected chi connectivity index (χ1v) is 6.84. The Balaban J connectivity index is 1.60. The van der Waals surface area contributed by atoms with Gasteiger partial charge < -0.3 is 9.80 Å². The highest BCUT2D eigenvalue weighted by atomic mass is 16.2. The van der Waals surface area contributed by atoms with Crippen molar-refractivity contribution in [1.29, 1.82) is 0 Å². The number of fused-ring (bicyclic) bond motifs is 1. The van der Waals surface area contributed by atoms with E-state index in [2.05, 4.69) is 35.1 Å². The minimum absolute atomic E-state index is 0.110. The zero-order valence-corrected chi connectivity index (χ0v) is 11.0. The van der Waals surface area contributed by atoms with Gasteiger partial charge in [-0.15, -0.1) is 12.3 Å². The van der Waals surface area contributed by atoms with E-state index in [1.54, 1.807) is 0 Å². The molecule has 1 saturated heterocycles. The molecule has 1 amide bonds. The third-order valence-corrected chi connectivity index (χ3v) is 4.07. The van der Waals surface area contributed by atoms with Crippen LogP contribution in [-0.2, 0) is 11.2 Å². The number of hydrogen-bond donors (Lipinski definition) is 0. The number of para-hydroxylation sites is 1. The van der Waals surface area contributed by atoms with Crippen LogP contribution in [-0.4, -0.2) is 37.0 Å². The molecule has 19 heavy (non-hydrogen) atoms. The van der Waals surface area contributed by atoms with Crippen LogP contribution in [0.1, 0.15) is 12.0 Å². The molecular formula is C16H18N2O. The molecule has 0 aliphatic carbocycles. The number of carbonyl (C=O) groups excluding carboxylic acids is 1. The maximum absolute atomic E-state index is 11.8. The number of nitrogens with zero attached hydrogens (tertiary/aromatic N) is 2. The first kappa shape index (κ1) is 12.1. The van der Waals surface area contributed by atoms with E-state index in [0.717, 1.165) is 32.6 Å². The van der Waals surface area contributed by atoms with E-state index in [1.165, 1.54) is 11.3 Å². The van der Waals surface area contributed by atoms with Crippen LogP contribution in [0.25, 0.3) is 0 Å². The van der Waals surface area contributed by atoms with Gasteiger partial charge in [0.25, 0.3) is 0 Å². The fourth-order valence-electron chi connectivity index (χ4n) is 2.98. The molecule has 3 rings (SSSR count). The Kier molecular flexibility index (Phi) is 3.16. The van der Waals surface area contributed by atoms with Gasteiger partial charge in [0.2, 0.25) is 5.91 Å². The fourth-order valence-corrected chi connectivity index (χ4v) is 2.98. The summed E-state index contributed by atoms with van der Waals surface area (Å²) in [5, 5.41) is 0. The first-order valence-electron chi connectivity index (χ1n) is 6.84. The molecule has 3 heteroatoms. The van der Waals surface area contributed by atoms with Crippen molar-refractivity contribution in [1.82, 2.24) is 4.90 Å². The van der Waals surface area contributed by atoms with Gasteiger partial charge in [0.15, 0.2) is 0 Å². The van der Waals surface area contributed by atoms with Crippen LogP contribution in [0, 0.1) is 18.3 Å². The summed E-state index contributed by atoms with van der Waals surface area (Å²) in [4.78, 5) is 16.1. The van der Waals surface area contributed by atoms with E-state index in [-0.39, 0.29) is 11.8 Å². The number of amides is 1. The molecule has 1 unspecified atom stereocenters. The molecule has 1 aromatic carbocycles. The average molecular weight is 254 g/mol. The molecule has 98 valence electrons. The quantitative estimate of drug-likeness (QED) is 0.764. The van der Waals surface area contributed by atoms with Crippen molar-refractivity contribution in [2.24, 2.45) is 5.92 Å². The van der Waals surface area contributed by atoms with E-state index >= 15 is 0 Å². The van der Waals surface area contributed by atoms with E-state index in [4.69, 9.17) is 6.42 Å². The number of likely N-dealkylation sites (tertiary alicyclic amines) is 1. The van der Waals surface area contributed by atoms with Crippen LogP contribution in [0.3, 0.4) is 0 Å². The molecule has 0 saturated carbocycles. The summed E-state index contributed by atoms with van der Waals surface area (Å²) in [5.74, 6) is 3.01. The standard InChI is InChI=1S/C16H18N2O/c1-2-13-11-16(19)18(12-13)10-9-17-8-7-14-5-3-4-6-15(14)17/h1,3-6,13H,7-12H2. The number of benzene rings is 1. The Morgan fingerprint density at radius 1 is 1.26 bits per heavy atom. The normalized spacial score (nSPS) is 21.6. The van der Waals surface area contributed by atoms with Crippen LogP contribution < -0.4 is 4.90 Å². The summed E-state index contributed by atoms with van der Waals surface area (Å²) in [6, 6.07) is 8.51. The van der Waals surface area contributed by atoms with Gasteiger partial charge in [0.1, 0.15) is 0 Å². The molecule has 0 N–H and O–H groups in total. The average Bonchev–Trinajstić information content (AvgIpc) is 3.00. The monoisotopic (exact) mass is 254 g/mol. The van der Waals surface area contributed by atoms with Gasteiger partial charge >= 0.3 is 0 Å². The van der Waals surface area contributed by atoms with E-state index < -0.39 is 0 Å². The summed E-state index contributed by atoms with van der Waals surface area (Å²) in [6.45, 7) is 3.47. The molecule has 1 aromatic rings. The molecule has 2 aliphatic rings. The van der Waals surface area contributed by atoms with Crippen LogP contribution in [0.4, 0.5) is 5.69 Å². The third-order valence-electron chi connectivity index (χ3n) is 4.07. The zero-order chi connectivity index (χ0) is 13.2. The lowest BCUT2D eigenvalue weighted by molar-refractivity contribution is -0.127. The number of hydrogen-bond acceptors (Lipinski definition) is 2. The Bertz CT molecular complexity index is 532. The highest BCUT2D eigenvalue weighted by Crippen LogP contribution is 2.27. The Morgan fingerprint density at radius 3 is 2.84 bits per heavy atom. The van der Waals surface area contributed by atoms with Crippen molar-refractivity contribution in [2.75, 3.05) is 31.1 Å². The second kappa shape index (κ2) is 4.97. The number of rotatable bonds is 3. The maximum atomic E-state index is 11.8. The minimum Gasteiger partial charge on any atom is -0.369 e. The molecule has 3 nitrogen and oxygen atoms in total. The summed E-state index contributed by atoms with van der Waals surface area (Å²) in [6.07, 6.45) is 7.03. The smallest absolute Gasteiger partial charge is 0.223 e. The first-order chi connectivity index (χ1) is 9.28. The third kappa shape index (κ3) is 2.31. The molecular weight excluding hydrogens is 236 g/mol. The van der Waals surface area contributed by atoms with Gasteiger partial charge in [-0.3, -0.25) is 4.79 Å².